The highest BCUT2D eigenvalue weighted by Gasteiger charge is 2.47. The molecule has 0 radical (unpaired) electrons. The van der Waals surface area contributed by atoms with Gasteiger partial charge in [0.25, 0.3) is 0 Å². The van der Waals surface area contributed by atoms with Crippen molar-refractivity contribution in [1.29, 1.82) is 0 Å². The van der Waals surface area contributed by atoms with Crippen LogP contribution in [-0.4, -0.2) is 44.6 Å². The van der Waals surface area contributed by atoms with E-state index in [0.29, 0.717) is 35.7 Å². The summed E-state index contributed by atoms with van der Waals surface area (Å²) in [5.41, 5.74) is 3.15. The second-order valence-electron chi connectivity index (χ2n) is 12.2. The molecule has 0 spiro atoms. The number of amides is 1. The Hall–Kier alpha value is -3.18. The Balaban J connectivity index is 1.24. The molecule has 2 saturated carbocycles. The monoisotopic (exact) mass is 640 g/mol. The number of rotatable bonds is 14. The molecule has 11 heteroatoms. The first-order chi connectivity index (χ1) is 21.0. The number of nitrogens with one attached hydrogen (secondary N) is 1. The summed E-state index contributed by atoms with van der Waals surface area (Å²) in [7, 11) is 0. The first kappa shape index (κ1) is 32.2. The fraction of sp³-hybridized carbons (Fsp3) is 0.455. The zero-order valence-corrected chi connectivity index (χ0v) is 26.9. The van der Waals surface area contributed by atoms with E-state index in [0.717, 1.165) is 48.1 Å². The number of benzene rings is 2. The number of halogens is 1. The van der Waals surface area contributed by atoms with Gasteiger partial charge in [0.15, 0.2) is 0 Å². The minimum Gasteiger partial charge on any atom is -0.755 e. The molecule has 1 aromatic heterocycles. The Bertz CT molecular complexity index is 1490. The summed E-state index contributed by atoms with van der Waals surface area (Å²) in [6.45, 7) is 6.23. The minimum absolute atomic E-state index is 0.209. The third-order valence-corrected chi connectivity index (χ3v) is 8.59. The standard InChI is InChI=1S/C33H40ClN3O6S/c1-32(2,3)43-31(38)36-17-6-7-19-37(44(39)40)24-10-13-29(34)23(20-24)22-41-33(15-16-33)28-21-35-18-14-26(28)27-8-4-5-9-30(27)42-25-11-12-25/h4-5,8-10,13-14,18,20-21,25H,6-7,11-12,15-17,19,22H2,1-3H3,(H,36,38)(H,39,40)/p-1. The lowest BCUT2D eigenvalue weighted by molar-refractivity contribution is 0.0174. The van der Waals surface area contributed by atoms with Crippen LogP contribution in [0.3, 0.4) is 0 Å². The predicted octanol–water partition coefficient (Wildman–Crippen LogP) is 7.05. The van der Waals surface area contributed by atoms with Gasteiger partial charge in [-0.1, -0.05) is 29.8 Å². The normalized spacial score (nSPS) is 16.2. The van der Waals surface area contributed by atoms with E-state index in [1.807, 2.05) is 30.5 Å². The van der Waals surface area contributed by atoms with Crippen molar-refractivity contribution in [2.45, 2.75) is 83.2 Å². The van der Waals surface area contributed by atoms with E-state index in [4.69, 9.17) is 25.8 Å². The number of unbranched alkanes of at least 4 members (excludes halogenated alkanes) is 1. The number of carbonyl (C=O) groups excluding carboxylic acids is 1. The van der Waals surface area contributed by atoms with E-state index in [-0.39, 0.29) is 19.3 Å². The van der Waals surface area contributed by atoms with Gasteiger partial charge in [0.05, 0.1) is 18.3 Å². The summed E-state index contributed by atoms with van der Waals surface area (Å²) < 4.78 is 43.6. The van der Waals surface area contributed by atoms with Crippen LogP contribution in [0.2, 0.25) is 5.02 Å². The molecule has 1 N–H and O–H groups in total. The van der Waals surface area contributed by atoms with Gasteiger partial charge in [0.1, 0.15) is 11.4 Å². The Kier molecular flexibility index (Phi) is 10.1. The molecule has 0 aliphatic heterocycles. The van der Waals surface area contributed by atoms with E-state index in [9.17, 15) is 13.6 Å². The number of alkyl carbamates (subject to hydrolysis) is 1. The van der Waals surface area contributed by atoms with Crippen LogP contribution in [0.1, 0.15) is 70.4 Å². The molecule has 0 saturated heterocycles. The maximum absolute atomic E-state index is 12.2. The predicted molar refractivity (Wildman–Crippen MR) is 170 cm³/mol. The second-order valence-corrected chi connectivity index (χ2v) is 13.5. The van der Waals surface area contributed by atoms with Crippen molar-refractivity contribution >= 4 is 34.6 Å². The summed E-state index contributed by atoms with van der Waals surface area (Å²) >= 11 is 4.07. The van der Waals surface area contributed by atoms with Crippen molar-refractivity contribution in [3.8, 4) is 16.9 Å². The van der Waals surface area contributed by atoms with Crippen LogP contribution in [0.5, 0.6) is 5.75 Å². The topological polar surface area (TPSA) is 113 Å². The second kappa shape index (κ2) is 13.9. The number of pyridine rings is 1. The number of carbonyl (C=O) groups is 1. The van der Waals surface area contributed by atoms with Gasteiger partial charge in [0.2, 0.25) is 0 Å². The molecule has 1 amide bonds. The van der Waals surface area contributed by atoms with Crippen LogP contribution in [0, 0.1) is 0 Å². The van der Waals surface area contributed by atoms with Crippen LogP contribution < -0.4 is 14.4 Å². The minimum atomic E-state index is -2.49. The van der Waals surface area contributed by atoms with E-state index >= 15 is 0 Å². The van der Waals surface area contributed by atoms with Crippen LogP contribution >= 0.6 is 11.6 Å². The number of hydrogen-bond donors (Lipinski definition) is 1. The number of aromatic nitrogens is 1. The molecule has 236 valence electrons. The van der Waals surface area contributed by atoms with Gasteiger partial charge >= 0.3 is 6.09 Å². The Labute approximate surface area is 266 Å². The van der Waals surface area contributed by atoms with Gasteiger partial charge in [-0.3, -0.25) is 9.19 Å². The molecule has 1 heterocycles. The van der Waals surface area contributed by atoms with Crippen molar-refractivity contribution < 1.29 is 27.8 Å². The molecule has 2 aliphatic carbocycles. The Morgan fingerprint density at radius 1 is 1.14 bits per heavy atom. The molecule has 1 unspecified atom stereocenters. The zero-order chi connectivity index (χ0) is 31.3. The lowest BCUT2D eigenvalue weighted by atomic mass is 9.96. The lowest BCUT2D eigenvalue weighted by Gasteiger charge is -2.27. The maximum atomic E-state index is 12.2. The van der Waals surface area contributed by atoms with Gasteiger partial charge < -0.3 is 28.4 Å². The molecule has 5 rings (SSSR count). The van der Waals surface area contributed by atoms with Crippen molar-refractivity contribution in [2.24, 2.45) is 0 Å². The van der Waals surface area contributed by atoms with Gasteiger partial charge in [-0.15, -0.1) is 0 Å². The fourth-order valence-corrected chi connectivity index (χ4v) is 5.71. The molecular weight excluding hydrogens is 602 g/mol. The number of para-hydroxylation sites is 1. The summed E-state index contributed by atoms with van der Waals surface area (Å²) in [5, 5.41) is 3.20. The quantitative estimate of drug-likeness (QED) is 0.148. The molecule has 3 aromatic rings. The molecular formula is C33H39ClN3O6S-. The number of hydrogen-bond acceptors (Lipinski definition) is 7. The van der Waals surface area contributed by atoms with Crippen molar-refractivity contribution in [2.75, 3.05) is 17.4 Å². The van der Waals surface area contributed by atoms with Crippen molar-refractivity contribution in [3.05, 3.63) is 77.1 Å². The van der Waals surface area contributed by atoms with E-state index in [2.05, 4.69) is 16.4 Å². The van der Waals surface area contributed by atoms with Crippen LogP contribution in [0.4, 0.5) is 10.5 Å². The SMILES string of the molecule is CC(C)(C)OC(=O)NCCCCN(c1ccc(Cl)c(COC2(c3cnccc3-c3ccccc3OC3CC3)CC2)c1)S(=O)[O-]. The third-order valence-electron chi connectivity index (χ3n) is 7.47. The van der Waals surface area contributed by atoms with Gasteiger partial charge in [-0.05, 0) is 101 Å². The zero-order valence-electron chi connectivity index (χ0n) is 25.3. The average molecular weight is 641 g/mol. The van der Waals surface area contributed by atoms with E-state index in [1.54, 1.807) is 45.2 Å². The Morgan fingerprint density at radius 3 is 2.61 bits per heavy atom. The summed E-state index contributed by atoms with van der Waals surface area (Å²) in [4.78, 5) is 16.3. The average Bonchev–Trinajstić information content (AvgIpc) is 3.91. The Morgan fingerprint density at radius 2 is 1.91 bits per heavy atom. The summed E-state index contributed by atoms with van der Waals surface area (Å²) in [5.74, 6) is 0.861. The van der Waals surface area contributed by atoms with Gasteiger partial charge in [-0.25, -0.2) is 4.79 Å². The maximum Gasteiger partial charge on any atom is 0.407 e. The lowest BCUT2D eigenvalue weighted by Crippen LogP contribution is -2.33. The summed E-state index contributed by atoms with van der Waals surface area (Å²) in [6, 6.07) is 15.2. The summed E-state index contributed by atoms with van der Waals surface area (Å²) in [6.07, 6.45) is 8.39. The molecule has 9 nitrogen and oxygen atoms in total. The van der Waals surface area contributed by atoms with Crippen molar-refractivity contribution in [1.82, 2.24) is 10.3 Å². The molecule has 1 atom stereocenters. The number of nitrogens with zero attached hydrogens (tertiary/aromatic N) is 2. The smallest absolute Gasteiger partial charge is 0.407 e. The van der Waals surface area contributed by atoms with Crippen LogP contribution in [0.15, 0.2) is 60.9 Å². The fourth-order valence-electron chi connectivity index (χ4n) is 4.97. The molecule has 2 aliphatic rings. The first-order valence-corrected chi connectivity index (χ1v) is 16.4. The highest BCUT2D eigenvalue weighted by Crippen LogP contribution is 2.53. The molecule has 2 aromatic carbocycles. The van der Waals surface area contributed by atoms with Crippen LogP contribution in [0.25, 0.3) is 11.1 Å². The van der Waals surface area contributed by atoms with Crippen LogP contribution in [-0.2, 0) is 32.9 Å². The van der Waals surface area contributed by atoms with E-state index < -0.39 is 28.6 Å². The van der Waals surface area contributed by atoms with E-state index in [1.165, 1.54) is 4.31 Å². The molecule has 0 bridgehead atoms. The largest absolute Gasteiger partial charge is 0.755 e. The number of ether oxygens (including phenoxy) is 3. The van der Waals surface area contributed by atoms with Crippen molar-refractivity contribution in [3.63, 3.8) is 0 Å². The third kappa shape index (κ3) is 8.50. The molecule has 2 fully saturated rings. The first-order valence-electron chi connectivity index (χ1n) is 15.0. The highest BCUT2D eigenvalue weighted by atomic mass is 35.5. The highest BCUT2D eigenvalue weighted by molar-refractivity contribution is 7.80. The van der Waals surface area contributed by atoms with Gasteiger partial charge in [-0.2, -0.15) is 0 Å². The van der Waals surface area contributed by atoms with Gasteiger partial charge in [0, 0.05) is 58.6 Å². The number of anilines is 1. The molecule has 44 heavy (non-hydrogen) atoms.